The van der Waals surface area contributed by atoms with Gasteiger partial charge in [0.05, 0.1) is 12.2 Å². The molecule has 1 aromatic rings. The predicted molar refractivity (Wildman–Crippen MR) is 57.3 cm³/mol. The molecular weight excluding hydrogens is 247 g/mol. The van der Waals surface area contributed by atoms with E-state index < -0.39 is 23.1 Å². The van der Waals surface area contributed by atoms with Crippen molar-refractivity contribution in [3.63, 3.8) is 0 Å². The van der Waals surface area contributed by atoms with Crippen molar-refractivity contribution in [2.24, 2.45) is 0 Å². The van der Waals surface area contributed by atoms with Gasteiger partial charge in [-0.1, -0.05) is 0 Å². The molecule has 0 bridgehead atoms. The van der Waals surface area contributed by atoms with Gasteiger partial charge >= 0.3 is 6.18 Å². The summed E-state index contributed by atoms with van der Waals surface area (Å²) >= 11 is 0. The van der Waals surface area contributed by atoms with Crippen molar-refractivity contribution >= 4 is 5.78 Å². The standard InChI is InChI=1S/C12H10F3NO2/c1-3-18-11-5-8(7(2)17)4-10(9(11)6-16)12(13,14)15/h4-5H,3H2,1-2H3. The first kappa shape index (κ1) is 14.0. The molecule has 0 unspecified atom stereocenters. The number of rotatable bonds is 3. The monoisotopic (exact) mass is 257 g/mol. The van der Waals surface area contributed by atoms with Crippen molar-refractivity contribution in [2.75, 3.05) is 6.61 Å². The fourth-order valence-corrected chi connectivity index (χ4v) is 1.43. The Kier molecular flexibility index (Phi) is 3.96. The highest BCUT2D eigenvalue weighted by molar-refractivity contribution is 5.95. The molecule has 0 aliphatic carbocycles. The van der Waals surface area contributed by atoms with E-state index >= 15 is 0 Å². The first-order valence-electron chi connectivity index (χ1n) is 5.10. The number of ether oxygens (including phenoxy) is 1. The van der Waals surface area contributed by atoms with Crippen molar-refractivity contribution in [1.82, 2.24) is 0 Å². The van der Waals surface area contributed by atoms with E-state index in [1.165, 1.54) is 6.07 Å². The van der Waals surface area contributed by atoms with Crippen molar-refractivity contribution in [3.05, 3.63) is 28.8 Å². The van der Waals surface area contributed by atoms with E-state index in [0.717, 1.165) is 13.0 Å². The molecule has 6 heteroatoms. The zero-order chi connectivity index (χ0) is 13.9. The van der Waals surface area contributed by atoms with Crippen LogP contribution in [0.15, 0.2) is 12.1 Å². The molecule has 18 heavy (non-hydrogen) atoms. The Balaban J connectivity index is 3.57. The van der Waals surface area contributed by atoms with Gasteiger partial charge in [0.15, 0.2) is 5.78 Å². The third-order valence-electron chi connectivity index (χ3n) is 2.23. The Morgan fingerprint density at radius 3 is 2.44 bits per heavy atom. The maximum absolute atomic E-state index is 12.8. The Morgan fingerprint density at radius 1 is 1.44 bits per heavy atom. The highest BCUT2D eigenvalue weighted by Crippen LogP contribution is 2.36. The number of nitrogens with zero attached hydrogens (tertiary/aromatic N) is 1. The summed E-state index contributed by atoms with van der Waals surface area (Å²) in [4.78, 5) is 11.2. The van der Waals surface area contributed by atoms with Crippen LogP contribution in [0, 0.1) is 11.3 Å². The average Bonchev–Trinajstić information content (AvgIpc) is 2.27. The van der Waals surface area contributed by atoms with Crippen LogP contribution in [0.3, 0.4) is 0 Å². The predicted octanol–water partition coefficient (Wildman–Crippen LogP) is 3.18. The first-order valence-corrected chi connectivity index (χ1v) is 5.10. The van der Waals surface area contributed by atoms with Crippen LogP contribution in [0.1, 0.15) is 35.3 Å². The van der Waals surface area contributed by atoms with E-state index in [1.54, 1.807) is 6.92 Å². The van der Waals surface area contributed by atoms with Crippen LogP contribution < -0.4 is 4.74 Å². The number of halogens is 3. The van der Waals surface area contributed by atoms with Crippen LogP contribution in [0.4, 0.5) is 13.2 Å². The van der Waals surface area contributed by atoms with E-state index in [9.17, 15) is 18.0 Å². The van der Waals surface area contributed by atoms with Crippen LogP contribution >= 0.6 is 0 Å². The minimum Gasteiger partial charge on any atom is -0.492 e. The molecule has 0 amide bonds. The Bertz CT molecular complexity index is 515. The van der Waals surface area contributed by atoms with E-state index in [1.807, 2.05) is 0 Å². The molecule has 3 nitrogen and oxygen atoms in total. The summed E-state index contributed by atoms with van der Waals surface area (Å²) in [6, 6.07) is 3.29. The van der Waals surface area contributed by atoms with Crippen molar-refractivity contribution in [3.8, 4) is 11.8 Å². The van der Waals surface area contributed by atoms with Gasteiger partial charge in [-0.15, -0.1) is 0 Å². The number of alkyl halides is 3. The van der Waals surface area contributed by atoms with Gasteiger partial charge in [0.25, 0.3) is 0 Å². The van der Waals surface area contributed by atoms with Crippen LogP contribution in [0.2, 0.25) is 0 Å². The fraction of sp³-hybridized carbons (Fsp3) is 0.333. The van der Waals surface area contributed by atoms with Gasteiger partial charge < -0.3 is 4.74 Å². The maximum Gasteiger partial charge on any atom is 0.417 e. The molecule has 0 aromatic heterocycles. The molecule has 0 fully saturated rings. The summed E-state index contributed by atoms with van der Waals surface area (Å²) in [7, 11) is 0. The summed E-state index contributed by atoms with van der Waals surface area (Å²) in [6.45, 7) is 2.83. The van der Waals surface area contributed by atoms with Gasteiger partial charge in [-0.25, -0.2) is 0 Å². The third-order valence-corrected chi connectivity index (χ3v) is 2.23. The molecule has 1 aromatic carbocycles. The van der Waals surface area contributed by atoms with Gasteiger partial charge in [-0.05, 0) is 26.0 Å². The lowest BCUT2D eigenvalue weighted by Crippen LogP contribution is -2.11. The smallest absolute Gasteiger partial charge is 0.417 e. The number of hydrogen-bond donors (Lipinski definition) is 0. The number of benzene rings is 1. The second-order valence-corrected chi connectivity index (χ2v) is 3.50. The molecular formula is C12H10F3NO2. The van der Waals surface area contributed by atoms with Crippen molar-refractivity contribution in [1.29, 1.82) is 5.26 Å². The van der Waals surface area contributed by atoms with E-state index in [-0.39, 0.29) is 17.9 Å². The topological polar surface area (TPSA) is 50.1 Å². The Hall–Kier alpha value is -2.03. The molecule has 0 radical (unpaired) electrons. The Morgan fingerprint density at radius 2 is 2.06 bits per heavy atom. The molecule has 0 spiro atoms. The number of carbonyl (C=O) groups excluding carboxylic acids is 1. The van der Waals surface area contributed by atoms with Crippen LogP contribution in [0.5, 0.6) is 5.75 Å². The van der Waals surface area contributed by atoms with Gasteiger partial charge in [-0.3, -0.25) is 4.79 Å². The number of ketones is 1. The highest BCUT2D eigenvalue weighted by Gasteiger charge is 2.36. The summed E-state index contributed by atoms with van der Waals surface area (Å²) in [5.41, 5.74) is -1.89. The van der Waals surface area contributed by atoms with Gasteiger partial charge in [-0.2, -0.15) is 18.4 Å². The van der Waals surface area contributed by atoms with E-state index in [2.05, 4.69) is 0 Å². The second-order valence-electron chi connectivity index (χ2n) is 3.50. The van der Waals surface area contributed by atoms with Crippen LogP contribution in [-0.4, -0.2) is 12.4 Å². The van der Waals surface area contributed by atoms with Gasteiger partial charge in [0.1, 0.15) is 17.4 Å². The molecule has 0 saturated heterocycles. The second kappa shape index (κ2) is 5.08. The minimum absolute atomic E-state index is 0.104. The summed E-state index contributed by atoms with van der Waals surface area (Å²) in [6.07, 6.45) is -4.71. The van der Waals surface area contributed by atoms with Crippen molar-refractivity contribution in [2.45, 2.75) is 20.0 Å². The Labute approximate surface area is 102 Å². The SMILES string of the molecule is CCOc1cc(C(C)=O)cc(C(F)(F)F)c1C#N. The molecule has 0 saturated carbocycles. The number of carbonyl (C=O) groups is 1. The van der Waals surface area contributed by atoms with Crippen LogP contribution in [0.25, 0.3) is 0 Å². The first-order chi connectivity index (χ1) is 8.31. The quantitative estimate of drug-likeness (QED) is 0.781. The molecule has 0 aliphatic rings. The number of hydrogen-bond acceptors (Lipinski definition) is 3. The zero-order valence-corrected chi connectivity index (χ0v) is 9.76. The highest BCUT2D eigenvalue weighted by atomic mass is 19.4. The molecule has 96 valence electrons. The molecule has 0 N–H and O–H groups in total. The number of Topliss-reactive ketones (excluding diaryl/α,β-unsaturated/α-hetero) is 1. The summed E-state index contributed by atoms with van der Waals surface area (Å²) in [5, 5.41) is 8.80. The fourth-order valence-electron chi connectivity index (χ4n) is 1.43. The minimum atomic E-state index is -4.71. The van der Waals surface area contributed by atoms with Crippen molar-refractivity contribution < 1.29 is 22.7 Å². The summed E-state index contributed by atoms with van der Waals surface area (Å²) in [5.74, 6) is -0.744. The lowest BCUT2D eigenvalue weighted by Gasteiger charge is -2.14. The average molecular weight is 257 g/mol. The zero-order valence-electron chi connectivity index (χ0n) is 9.76. The van der Waals surface area contributed by atoms with Crippen LogP contribution in [-0.2, 0) is 6.18 Å². The molecule has 0 aliphatic heterocycles. The number of nitriles is 1. The largest absolute Gasteiger partial charge is 0.492 e. The lowest BCUT2D eigenvalue weighted by atomic mass is 10.0. The van der Waals surface area contributed by atoms with E-state index in [4.69, 9.17) is 10.00 Å². The van der Waals surface area contributed by atoms with Gasteiger partial charge in [0.2, 0.25) is 0 Å². The van der Waals surface area contributed by atoms with E-state index in [0.29, 0.717) is 6.07 Å². The maximum atomic E-state index is 12.8. The lowest BCUT2D eigenvalue weighted by molar-refractivity contribution is -0.137. The molecule has 0 heterocycles. The normalized spacial score (nSPS) is 10.9. The molecule has 0 atom stereocenters. The van der Waals surface area contributed by atoms with Gasteiger partial charge in [0, 0.05) is 5.56 Å². The molecule has 1 rings (SSSR count). The third kappa shape index (κ3) is 2.80. The summed E-state index contributed by atoms with van der Waals surface area (Å²) < 4.78 is 43.3.